The van der Waals surface area contributed by atoms with Crippen molar-refractivity contribution in [2.45, 2.75) is 19.6 Å². The predicted octanol–water partition coefficient (Wildman–Crippen LogP) is 2.71. The number of nitrogens with zero attached hydrogens (tertiary/aromatic N) is 4. The number of esters is 1. The highest BCUT2D eigenvalue weighted by Gasteiger charge is 2.34. The molecule has 0 spiro atoms. The number of rotatable bonds is 5. The van der Waals surface area contributed by atoms with Crippen molar-refractivity contribution in [2.24, 2.45) is 0 Å². The molecule has 1 aromatic heterocycles. The highest BCUT2D eigenvalue weighted by Crippen LogP contribution is 2.35. The van der Waals surface area contributed by atoms with Crippen molar-refractivity contribution in [1.82, 2.24) is 20.2 Å². The molecule has 2 aromatic carbocycles. The van der Waals surface area contributed by atoms with Crippen molar-refractivity contribution in [3.63, 3.8) is 0 Å². The van der Waals surface area contributed by atoms with Crippen LogP contribution in [0.5, 0.6) is 5.75 Å². The Bertz CT molecular complexity index is 1010. The highest BCUT2D eigenvalue weighted by atomic mass is 16.5. The number of allylic oxidation sites excluding steroid dienone is 1. The lowest BCUT2D eigenvalue weighted by Crippen LogP contribution is -2.29. The number of hydrogen-bond acceptors (Lipinski definition) is 7. The zero-order valence-electron chi connectivity index (χ0n) is 15.5. The van der Waals surface area contributed by atoms with Gasteiger partial charge in [-0.15, -0.1) is 0 Å². The molecule has 0 bridgehead atoms. The summed E-state index contributed by atoms with van der Waals surface area (Å²) in [6.45, 7) is 2.28. The van der Waals surface area contributed by atoms with Crippen LogP contribution in [0.1, 0.15) is 24.1 Å². The van der Waals surface area contributed by atoms with E-state index in [9.17, 15) is 4.79 Å². The lowest BCUT2D eigenvalue weighted by molar-refractivity contribution is -0.136. The third-order valence-electron chi connectivity index (χ3n) is 4.56. The number of ether oxygens (including phenoxy) is 2. The van der Waals surface area contributed by atoms with E-state index in [4.69, 9.17) is 9.47 Å². The van der Waals surface area contributed by atoms with E-state index in [2.05, 4.69) is 20.8 Å². The van der Waals surface area contributed by atoms with Crippen LogP contribution in [-0.2, 0) is 16.1 Å². The van der Waals surface area contributed by atoms with Crippen LogP contribution in [0, 0.1) is 0 Å². The number of fused-ring (bicyclic) bond motifs is 1. The smallest absolute Gasteiger partial charge is 0.338 e. The molecule has 8 nitrogen and oxygen atoms in total. The summed E-state index contributed by atoms with van der Waals surface area (Å²) in [5, 5.41) is 14.7. The molecule has 2 heterocycles. The van der Waals surface area contributed by atoms with Crippen molar-refractivity contribution in [2.75, 3.05) is 12.4 Å². The Balaban J connectivity index is 1.61. The third kappa shape index (κ3) is 3.32. The zero-order valence-corrected chi connectivity index (χ0v) is 15.5. The fourth-order valence-electron chi connectivity index (χ4n) is 3.18. The molecule has 142 valence electrons. The molecule has 0 amide bonds. The Morgan fingerprint density at radius 1 is 1.14 bits per heavy atom. The number of anilines is 1. The normalized spacial score (nSPS) is 15.6. The van der Waals surface area contributed by atoms with Crippen LogP contribution >= 0.6 is 0 Å². The van der Waals surface area contributed by atoms with Crippen LogP contribution in [0.15, 0.2) is 65.9 Å². The number of nitrogens with one attached hydrogen (secondary N) is 1. The largest absolute Gasteiger partial charge is 0.489 e. The van der Waals surface area contributed by atoms with Gasteiger partial charge in [0.2, 0.25) is 5.95 Å². The second-order valence-electron chi connectivity index (χ2n) is 6.35. The van der Waals surface area contributed by atoms with Crippen LogP contribution in [0.3, 0.4) is 0 Å². The maximum Gasteiger partial charge on any atom is 0.338 e. The average Bonchev–Trinajstić information content (AvgIpc) is 3.20. The molecule has 0 fully saturated rings. The van der Waals surface area contributed by atoms with E-state index in [0.29, 0.717) is 23.8 Å². The van der Waals surface area contributed by atoms with E-state index >= 15 is 0 Å². The Morgan fingerprint density at radius 2 is 1.89 bits per heavy atom. The third-order valence-corrected chi connectivity index (χ3v) is 4.56. The lowest BCUT2D eigenvalue weighted by Gasteiger charge is -2.27. The minimum Gasteiger partial charge on any atom is -0.489 e. The monoisotopic (exact) mass is 377 g/mol. The van der Waals surface area contributed by atoms with E-state index in [1.54, 1.807) is 11.6 Å². The van der Waals surface area contributed by atoms with E-state index < -0.39 is 12.0 Å². The maximum absolute atomic E-state index is 12.4. The van der Waals surface area contributed by atoms with Gasteiger partial charge in [0, 0.05) is 5.70 Å². The first-order chi connectivity index (χ1) is 13.7. The summed E-state index contributed by atoms with van der Waals surface area (Å²) in [5.41, 5.74) is 3.06. The van der Waals surface area contributed by atoms with Gasteiger partial charge in [0.15, 0.2) is 0 Å². The van der Waals surface area contributed by atoms with Crippen molar-refractivity contribution >= 4 is 11.9 Å². The molecule has 1 aliphatic rings. The van der Waals surface area contributed by atoms with E-state index in [0.717, 1.165) is 16.9 Å². The van der Waals surface area contributed by atoms with E-state index in [1.807, 2.05) is 54.6 Å². The Labute approximate surface area is 161 Å². The van der Waals surface area contributed by atoms with Crippen molar-refractivity contribution in [1.29, 1.82) is 0 Å². The first kappa shape index (κ1) is 17.7. The molecule has 4 rings (SSSR count). The molecule has 1 aliphatic heterocycles. The van der Waals surface area contributed by atoms with Crippen LogP contribution in [0.4, 0.5) is 5.95 Å². The highest BCUT2D eigenvalue weighted by molar-refractivity contribution is 5.92. The van der Waals surface area contributed by atoms with E-state index in [1.165, 1.54) is 7.11 Å². The Kier molecular flexibility index (Phi) is 4.76. The van der Waals surface area contributed by atoms with Gasteiger partial charge in [0.1, 0.15) is 18.4 Å². The maximum atomic E-state index is 12.4. The first-order valence-electron chi connectivity index (χ1n) is 8.78. The first-order valence-corrected chi connectivity index (χ1v) is 8.78. The topological polar surface area (TPSA) is 91.2 Å². The standard InChI is InChI=1S/C20H19N5O3/c1-13-17(19(26)27-2)18(25-20(21-13)22-23-24-25)15-8-10-16(11-9-15)28-12-14-6-4-3-5-7-14/h3-11,18H,12H2,1-2H3,(H,21,22,24)/t18-/m1/s1. The van der Waals surface area contributed by atoms with Crippen molar-refractivity contribution < 1.29 is 14.3 Å². The molecule has 0 radical (unpaired) electrons. The number of tetrazole rings is 1. The molecule has 3 aromatic rings. The van der Waals surface area contributed by atoms with Crippen molar-refractivity contribution in [3.05, 3.63) is 77.0 Å². The van der Waals surface area contributed by atoms with Gasteiger partial charge in [0.25, 0.3) is 0 Å². The molecule has 0 unspecified atom stereocenters. The van der Waals surface area contributed by atoms with Crippen LogP contribution in [-0.4, -0.2) is 33.3 Å². The van der Waals surface area contributed by atoms with Gasteiger partial charge in [0.05, 0.1) is 12.7 Å². The number of aromatic nitrogens is 4. The minimum atomic E-state index is -0.484. The van der Waals surface area contributed by atoms with Gasteiger partial charge in [-0.3, -0.25) is 0 Å². The number of carbonyl (C=O) groups is 1. The molecular formula is C20H19N5O3. The predicted molar refractivity (Wildman–Crippen MR) is 102 cm³/mol. The van der Waals surface area contributed by atoms with Crippen LogP contribution < -0.4 is 10.1 Å². The van der Waals surface area contributed by atoms with Crippen molar-refractivity contribution in [3.8, 4) is 5.75 Å². The number of benzene rings is 2. The number of carbonyl (C=O) groups excluding carboxylic acids is 1. The molecule has 1 N–H and O–H groups in total. The quantitative estimate of drug-likeness (QED) is 0.684. The van der Waals surface area contributed by atoms with Crippen LogP contribution in [0.25, 0.3) is 0 Å². The number of hydrogen-bond donors (Lipinski definition) is 1. The summed E-state index contributed by atoms with van der Waals surface area (Å²) < 4.78 is 12.4. The summed E-state index contributed by atoms with van der Waals surface area (Å²) in [4.78, 5) is 12.4. The second-order valence-corrected chi connectivity index (χ2v) is 6.35. The summed E-state index contributed by atoms with van der Waals surface area (Å²) in [6.07, 6.45) is 0. The summed E-state index contributed by atoms with van der Waals surface area (Å²) in [7, 11) is 1.36. The SMILES string of the molecule is COC(=O)C1=C(C)Nc2nnnn2[C@@H]1c1ccc(OCc2ccccc2)cc1. The van der Waals surface area contributed by atoms with Gasteiger partial charge < -0.3 is 14.8 Å². The van der Waals surface area contributed by atoms with Gasteiger partial charge in [-0.05, 0) is 40.6 Å². The van der Waals surface area contributed by atoms with Gasteiger partial charge >= 0.3 is 5.97 Å². The zero-order chi connectivity index (χ0) is 19.5. The molecule has 0 saturated heterocycles. The Hall–Kier alpha value is -3.68. The van der Waals surface area contributed by atoms with Crippen LogP contribution in [0.2, 0.25) is 0 Å². The fourth-order valence-corrected chi connectivity index (χ4v) is 3.18. The van der Waals surface area contributed by atoms with Gasteiger partial charge in [-0.25, -0.2) is 4.79 Å². The molecule has 0 saturated carbocycles. The number of methoxy groups -OCH3 is 1. The lowest BCUT2D eigenvalue weighted by atomic mass is 9.96. The molecule has 0 aliphatic carbocycles. The molecule has 28 heavy (non-hydrogen) atoms. The Morgan fingerprint density at radius 3 is 2.61 bits per heavy atom. The summed E-state index contributed by atoms with van der Waals surface area (Å²) in [5.74, 6) is 0.777. The van der Waals surface area contributed by atoms with Gasteiger partial charge in [-0.2, -0.15) is 4.68 Å². The summed E-state index contributed by atoms with van der Waals surface area (Å²) in [6, 6.07) is 17.0. The molecular weight excluding hydrogens is 358 g/mol. The fraction of sp³-hybridized carbons (Fsp3) is 0.200. The molecule has 1 atom stereocenters. The second kappa shape index (κ2) is 7.51. The van der Waals surface area contributed by atoms with E-state index in [-0.39, 0.29) is 0 Å². The minimum absolute atomic E-state index is 0.430. The van der Waals surface area contributed by atoms with Gasteiger partial charge in [-0.1, -0.05) is 47.6 Å². The summed E-state index contributed by atoms with van der Waals surface area (Å²) >= 11 is 0. The molecule has 8 heteroatoms. The average molecular weight is 377 g/mol.